The number of unbranched alkanes of at least 4 members (excludes halogenated alkanes) is 1. The Bertz CT molecular complexity index is 1210. The molecule has 39 heavy (non-hydrogen) atoms. The second-order valence-electron chi connectivity index (χ2n) is 8.28. The van der Waals surface area contributed by atoms with E-state index in [4.69, 9.17) is 14.2 Å². The molecule has 13 heteroatoms. The molecule has 1 atom stereocenters. The zero-order valence-corrected chi connectivity index (χ0v) is 21.5. The van der Waals surface area contributed by atoms with Crippen LogP contribution in [0, 0.1) is 0 Å². The fourth-order valence-corrected chi connectivity index (χ4v) is 3.34. The summed E-state index contributed by atoms with van der Waals surface area (Å²) < 4.78 is 54.5. The van der Waals surface area contributed by atoms with Crippen LogP contribution >= 0.6 is 0 Å². The number of nitrogens with zero attached hydrogens (tertiary/aromatic N) is 3. The van der Waals surface area contributed by atoms with Crippen LogP contribution in [0.25, 0.3) is 0 Å². The summed E-state index contributed by atoms with van der Waals surface area (Å²) in [7, 11) is 0. The molecule has 2 aromatic carbocycles. The smallest absolute Gasteiger partial charge is 0.422 e. The van der Waals surface area contributed by atoms with Crippen LogP contribution in [-0.2, 0) is 4.74 Å². The molecule has 0 saturated heterocycles. The van der Waals surface area contributed by atoms with Gasteiger partial charge in [0.25, 0.3) is 0 Å². The maximum Gasteiger partial charge on any atom is 0.422 e. The van der Waals surface area contributed by atoms with Crippen LogP contribution in [0.15, 0.2) is 48.5 Å². The molecule has 0 saturated carbocycles. The topological polar surface area (TPSA) is 128 Å². The van der Waals surface area contributed by atoms with Gasteiger partial charge in [0, 0.05) is 18.4 Å². The number of anilines is 3. The number of ether oxygens (including phenoxy) is 3. The zero-order valence-electron chi connectivity index (χ0n) is 21.5. The largest absolute Gasteiger partial charge is 0.493 e. The molecule has 0 aliphatic heterocycles. The molecule has 1 unspecified atom stereocenters. The van der Waals surface area contributed by atoms with Gasteiger partial charge in [-0.3, -0.25) is 0 Å². The summed E-state index contributed by atoms with van der Waals surface area (Å²) in [6.45, 7) is 3.22. The third-order valence-corrected chi connectivity index (χ3v) is 5.20. The molecule has 0 amide bonds. The zero-order chi connectivity index (χ0) is 28.3. The van der Waals surface area contributed by atoms with Gasteiger partial charge in [-0.05, 0) is 31.0 Å². The van der Waals surface area contributed by atoms with Gasteiger partial charge in [0.1, 0.15) is 11.3 Å². The maximum atomic E-state index is 12.8. The molecule has 3 aromatic rings. The summed E-state index contributed by atoms with van der Waals surface area (Å²) in [5, 5.41) is 15.4. The number of hydrogen-bond donors (Lipinski definition) is 3. The summed E-state index contributed by atoms with van der Waals surface area (Å²) in [4.78, 5) is 23.8. The number of hydrogen-bond acceptors (Lipinski definition) is 9. The van der Waals surface area contributed by atoms with Gasteiger partial charge in [-0.25, -0.2) is 4.79 Å². The van der Waals surface area contributed by atoms with Gasteiger partial charge in [0.15, 0.2) is 6.61 Å². The van der Waals surface area contributed by atoms with Crippen LogP contribution in [0.5, 0.6) is 11.8 Å². The molecule has 1 aromatic heterocycles. The number of rotatable bonds is 15. The number of halogens is 3. The van der Waals surface area contributed by atoms with E-state index in [0.717, 1.165) is 18.4 Å². The number of alkyl halides is 3. The molecule has 0 radical (unpaired) electrons. The van der Waals surface area contributed by atoms with Crippen LogP contribution in [0.2, 0.25) is 0 Å². The Kier molecular flexibility index (Phi) is 10.7. The van der Waals surface area contributed by atoms with Gasteiger partial charge in [-0.1, -0.05) is 43.7 Å². The Morgan fingerprint density at radius 1 is 1.03 bits per heavy atom. The highest BCUT2D eigenvalue weighted by Crippen LogP contribution is 2.27. The number of carbonyl (C=O) groups is 1. The van der Waals surface area contributed by atoms with Crippen molar-refractivity contribution < 1.29 is 37.3 Å². The van der Waals surface area contributed by atoms with Crippen molar-refractivity contribution in [3.63, 3.8) is 0 Å². The Morgan fingerprint density at radius 3 is 2.44 bits per heavy atom. The lowest BCUT2D eigenvalue weighted by atomic mass is 10.1. The van der Waals surface area contributed by atoms with Crippen LogP contribution in [0.3, 0.4) is 0 Å². The second kappa shape index (κ2) is 14.1. The highest BCUT2D eigenvalue weighted by molar-refractivity contribution is 5.91. The molecule has 210 valence electrons. The summed E-state index contributed by atoms with van der Waals surface area (Å²) in [5.41, 5.74) is 1.15. The van der Waals surface area contributed by atoms with Crippen molar-refractivity contribution >= 4 is 23.6 Å². The molecule has 10 nitrogen and oxygen atoms in total. The van der Waals surface area contributed by atoms with Crippen molar-refractivity contribution in [2.45, 2.75) is 38.9 Å². The predicted molar refractivity (Wildman–Crippen MR) is 138 cm³/mol. The van der Waals surface area contributed by atoms with Crippen molar-refractivity contribution in [3.05, 3.63) is 59.7 Å². The number of carboxylic acid groups (broad SMARTS) is 1. The molecule has 0 aliphatic rings. The summed E-state index contributed by atoms with van der Waals surface area (Å²) in [6.07, 6.45) is -3.02. The average Bonchev–Trinajstić information content (AvgIpc) is 2.90. The Labute approximate surface area is 223 Å². The van der Waals surface area contributed by atoms with E-state index in [1.807, 2.05) is 44.2 Å². The van der Waals surface area contributed by atoms with Gasteiger partial charge in [0.05, 0.1) is 19.3 Å². The number of aromatic carboxylic acids is 1. The lowest BCUT2D eigenvalue weighted by molar-refractivity contribution is -0.154. The van der Waals surface area contributed by atoms with E-state index in [2.05, 4.69) is 25.6 Å². The molecule has 1 heterocycles. The normalized spacial score (nSPS) is 12.0. The highest BCUT2D eigenvalue weighted by Gasteiger charge is 2.29. The van der Waals surface area contributed by atoms with Crippen LogP contribution in [0.1, 0.15) is 48.7 Å². The van der Waals surface area contributed by atoms with Crippen LogP contribution in [0.4, 0.5) is 30.8 Å². The van der Waals surface area contributed by atoms with E-state index in [0.29, 0.717) is 18.9 Å². The van der Waals surface area contributed by atoms with Crippen molar-refractivity contribution in [2.75, 3.05) is 37.1 Å². The van der Waals surface area contributed by atoms with Gasteiger partial charge in [0.2, 0.25) is 11.9 Å². The highest BCUT2D eigenvalue weighted by atomic mass is 19.4. The van der Waals surface area contributed by atoms with E-state index in [9.17, 15) is 23.1 Å². The molecular formula is C26H30F3N5O5. The molecule has 0 fully saturated rings. The van der Waals surface area contributed by atoms with Crippen LogP contribution < -0.4 is 20.1 Å². The lowest BCUT2D eigenvalue weighted by Gasteiger charge is -2.20. The van der Waals surface area contributed by atoms with Gasteiger partial charge < -0.3 is 30.0 Å². The summed E-state index contributed by atoms with van der Waals surface area (Å²) in [5.74, 6) is -1.22. The molecule has 3 N–H and O–H groups in total. The first-order valence-corrected chi connectivity index (χ1v) is 12.3. The fraction of sp³-hybridized carbons (Fsp3) is 0.385. The van der Waals surface area contributed by atoms with Gasteiger partial charge in [-0.2, -0.15) is 28.1 Å². The Balaban J connectivity index is 1.92. The second-order valence-corrected chi connectivity index (χ2v) is 8.28. The first-order valence-electron chi connectivity index (χ1n) is 12.3. The first kappa shape index (κ1) is 29.4. The van der Waals surface area contributed by atoms with Crippen molar-refractivity contribution in [3.8, 4) is 11.8 Å². The molecular weight excluding hydrogens is 519 g/mol. The van der Waals surface area contributed by atoms with Crippen molar-refractivity contribution in [1.82, 2.24) is 15.0 Å². The van der Waals surface area contributed by atoms with E-state index < -0.39 is 30.8 Å². The minimum Gasteiger partial charge on any atom is -0.493 e. The van der Waals surface area contributed by atoms with Gasteiger partial charge in [-0.15, -0.1) is 0 Å². The molecule has 3 rings (SSSR count). The standard InChI is InChI=1S/C26H30F3N5O5/c1-3-5-13-38-21-14-18(11-12-19(21)22(35)36)30-23-32-24(34-25(33-23)39-16-26(27,28)29)31-20(15-37-4-2)17-9-7-6-8-10-17/h6-12,14,20H,3-5,13,15-16H2,1-2H3,(H,35,36)(H2,30,31,32,33,34). The molecule has 0 aliphatic carbocycles. The van der Waals surface area contributed by atoms with Crippen LogP contribution in [-0.4, -0.2) is 58.6 Å². The van der Waals surface area contributed by atoms with E-state index >= 15 is 0 Å². The monoisotopic (exact) mass is 549 g/mol. The summed E-state index contributed by atoms with van der Waals surface area (Å²) in [6, 6.07) is 12.5. The Morgan fingerprint density at radius 2 is 1.77 bits per heavy atom. The average molecular weight is 550 g/mol. The first-order chi connectivity index (χ1) is 18.7. The third-order valence-electron chi connectivity index (χ3n) is 5.20. The molecule has 0 bridgehead atoms. The van der Waals surface area contributed by atoms with Crippen molar-refractivity contribution in [1.29, 1.82) is 0 Å². The van der Waals surface area contributed by atoms with Crippen molar-refractivity contribution in [2.24, 2.45) is 0 Å². The fourth-order valence-electron chi connectivity index (χ4n) is 3.34. The minimum absolute atomic E-state index is 0.0366. The van der Waals surface area contributed by atoms with E-state index in [1.165, 1.54) is 18.2 Å². The van der Waals surface area contributed by atoms with Gasteiger partial charge >= 0.3 is 18.2 Å². The SMILES string of the molecule is CCCCOc1cc(Nc2nc(NC(COCC)c3ccccc3)nc(OCC(F)(F)F)n2)ccc1C(=O)O. The number of aromatic nitrogens is 3. The number of carboxylic acids is 1. The number of nitrogens with one attached hydrogen (secondary N) is 2. The summed E-state index contributed by atoms with van der Waals surface area (Å²) >= 11 is 0. The predicted octanol–water partition coefficient (Wildman–Crippen LogP) is 5.62. The Hall–Kier alpha value is -4.13. The lowest BCUT2D eigenvalue weighted by Crippen LogP contribution is -2.22. The molecule has 0 spiro atoms. The number of benzene rings is 2. The third kappa shape index (κ3) is 9.60. The van der Waals surface area contributed by atoms with E-state index in [-0.39, 0.29) is 29.8 Å². The van der Waals surface area contributed by atoms with E-state index in [1.54, 1.807) is 0 Å². The minimum atomic E-state index is -4.60. The quantitative estimate of drug-likeness (QED) is 0.205. The maximum absolute atomic E-state index is 12.8.